The third-order valence-electron chi connectivity index (χ3n) is 3.61. The summed E-state index contributed by atoms with van der Waals surface area (Å²) in [6, 6.07) is 13.7. The molecular formula is C18H23NO2. The summed E-state index contributed by atoms with van der Waals surface area (Å²) >= 11 is 0. The minimum atomic E-state index is 0.442. The van der Waals surface area contributed by atoms with Crippen LogP contribution in [0.25, 0.3) is 0 Å². The zero-order valence-corrected chi connectivity index (χ0v) is 12.9. The van der Waals surface area contributed by atoms with Crippen LogP contribution in [0.15, 0.2) is 42.5 Å². The van der Waals surface area contributed by atoms with Crippen molar-refractivity contribution in [2.75, 3.05) is 12.3 Å². The van der Waals surface area contributed by atoms with Gasteiger partial charge in [-0.25, -0.2) is 0 Å². The molecule has 3 heteroatoms. The van der Waals surface area contributed by atoms with Crippen LogP contribution >= 0.6 is 0 Å². The van der Waals surface area contributed by atoms with Gasteiger partial charge in [-0.3, -0.25) is 0 Å². The monoisotopic (exact) mass is 285 g/mol. The quantitative estimate of drug-likeness (QED) is 0.762. The zero-order valence-electron chi connectivity index (χ0n) is 12.9. The van der Waals surface area contributed by atoms with Crippen LogP contribution in [0.3, 0.4) is 0 Å². The molecule has 1 unspecified atom stereocenters. The molecule has 0 aliphatic heterocycles. The van der Waals surface area contributed by atoms with Crippen LogP contribution in [0.4, 0.5) is 5.69 Å². The van der Waals surface area contributed by atoms with Crippen molar-refractivity contribution in [3.8, 4) is 17.2 Å². The highest BCUT2D eigenvalue weighted by molar-refractivity contribution is 5.63. The fraction of sp³-hybridized carbons (Fsp3) is 0.333. The Kier molecular flexibility index (Phi) is 5.09. The van der Waals surface area contributed by atoms with Crippen LogP contribution < -0.4 is 15.2 Å². The second-order valence-electron chi connectivity index (χ2n) is 5.05. The minimum absolute atomic E-state index is 0.442. The lowest BCUT2D eigenvalue weighted by Crippen LogP contribution is -2.00. The molecule has 0 heterocycles. The predicted octanol–water partition coefficient (Wildman–Crippen LogP) is 4.97. The average Bonchev–Trinajstić information content (AvgIpc) is 2.51. The maximum atomic E-state index is 6.13. The number of hydrogen-bond donors (Lipinski definition) is 1. The average molecular weight is 285 g/mol. The Morgan fingerprint density at radius 2 is 1.62 bits per heavy atom. The molecule has 2 aromatic carbocycles. The van der Waals surface area contributed by atoms with E-state index in [9.17, 15) is 0 Å². The van der Waals surface area contributed by atoms with Crippen molar-refractivity contribution in [3.63, 3.8) is 0 Å². The first-order valence-corrected chi connectivity index (χ1v) is 7.45. The highest BCUT2D eigenvalue weighted by atomic mass is 16.5. The van der Waals surface area contributed by atoms with Gasteiger partial charge in [-0.15, -0.1) is 0 Å². The summed E-state index contributed by atoms with van der Waals surface area (Å²) in [6.07, 6.45) is 1.06. The summed E-state index contributed by atoms with van der Waals surface area (Å²) in [4.78, 5) is 0. The smallest absolute Gasteiger partial charge is 0.154 e. The van der Waals surface area contributed by atoms with Gasteiger partial charge in [0.25, 0.3) is 0 Å². The Hall–Kier alpha value is -2.16. The van der Waals surface area contributed by atoms with Gasteiger partial charge in [-0.05, 0) is 43.0 Å². The zero-order chi connectivity index (χ0) is 15.2. The van der Waals surface area contributed by atoms with Crippen molar-refractivity contribution in [3.05, 3.63) is 48.0 Å². The third kappa shape index (κ3) is 3.48. The lowest BCUT2D eigenvalue weighted by molar-refractivity contribution is 0.340. The second-order valence-corrected chi connectivity index (χ2v) is 5.05. The van der Waals surface area contributed by atoms with Crippen LogP contribution in [0.1, 0.15) is 38.7 Å². The molecule has 3 nitrogen and oxygen atoms in total. The van der Waals surface area contributed by atoms with Gasteiger partial charge < -0.3 is 15.2 Å². The van der Waals surface area contributed by atoms with Crippen LogP contribution in [-0.2, 0) is 0 Å². The Bertz CT molecular complexity index is 596. The molecule has 112 valence electrons. The number of ether oxygens (including phenoxy) is 2. The number of nitrogen functional groups attached to an aromatic ring is 1. The van der Waals surface area contributed by atoms with E-state index < -0.39 is 0 Å². The molecule has 0 aliphatic carbocycles. The largest absolute Gasteiger partial charge is 0.492 e. The van der Waals surface area contributed by atoms with Crippen LogP contribution in [0.5, 0.6) is 17.2 Å². The van der Waals surface area contributed by atoms with Crippen molar-refractivity contribution < 1.29 is 9.47 Å². The molecule has 0 saturated heterocycles. The predicted molar refractivity (Wildman–Crippen MR) is 87.2 cm³/mol. The van der Waals surface area contributed by atoms with Crippen LogP contribution in [0.2, 0.25) is 0 Å². The van der Waals surface area contributed by atoms with E-state index in [-0.39, 0.29) is 0 Å². The third-order valence-corrected chi connectivity index (χ3v) is 3.61. The lowest BCUT2D eigenvalue weighted by Gasteiger charge is -2.17. The number of nitrogens with two attached hydrogens (primary N) is 1. The first kappa shape index (κ1) is 15.2. The first-order chi connectivity index (χ1) is 10.2. The van der Waals surface area contributed by atoms with Gasteiger partial charge >= 0.3 is 0 Å². The van der Waals surface area contributed by atoms with E-state index in [1.807, 2.05) is 43.3 Å². The van der Waals surface area contributed by atoms with Gasteiger partial charge in [-0.1, -0.05) is 38.1 Å². The van der Waals surface area contributed by atoms with Crippen molar-refractivity contribution >= 4 is 5.69 Å². The molecule has 21 heavy (non-hydrogen) atoms. The van der Waals surface area contributed by atoms with Gasteiger partial charge in [0.15, 0.2) is 5.75 Å². The Balaban J connectivity index is 2.33. The van der Waals surface area contributed by atoms with Gasteiger partial charge in [-0.2, -0.15) is 0 Å². The Labute approximate surface area is 126 Å². The Morgan fingerprint density at radius 3 is 2.33 bits per heavy atom. The van der Waals surface area contributed by atoms with E-state index in [1.54, 1.807) is 0 Å². The van der Waals surface area contributed by atoms with Gasteiger partial charge in [0.2, 0.25) is 0 Å². The molecule has 0 aromatic heterocycles. The highest BCUT2D eigenvalue weighted by Gasteiger charge is 2.13. The number of rotatable bonds is 6. The molecule has 0 radical (unpaired) electrons. The maximum Gasteiger partial charge on any atom is 0.154 e. The van der Waals surface area contributed by atoms with Crippen molar-refractivity contribution in [2.24, 2.45) is 0 Å². The molecule has 1 atom stereocenters. The van der Waals surface area contributed by atoms with Crippen molar-refractivity contribution in [1.82, 2.24) is 0 Å². The number of hydrogen-bond acceptors (Lipinski definition) is 3. The summed E-state index contributed by atoms with van der Waals surface area (Å²) in [5, 5.41) is 0. The summed E-state index contributed by atoms with van der Waals surface area (Å²) in [5.74, 6) is 2.59. The molecule has 2 rings (SSSR count). The molecule has 2 aromatic rings. The van der Waals surface area contributed by atoms with E-state index in [4.69, 9.17) is 15.2 Å². The fourth-order valence-electron chi connectivity index (χ4n) is 2.21. The van der Waals surface area contributed by atoms with E-state index >= 15 is 0 Å². The fourth-order valence-corrected chi connectivity index (χ4v) is 2.21. The maximum absolute atomic E-state index is 6.13. The lowest BCUT2D eigenvalue weighted by atomic mass is 9.98. The van der Waals surface area contributed by atoms with Gasteiger partial charge in [0, 0.05) is 0 Å². The summed E-state index contributed by atoms with van der Waals surface area (Å²) < 4.78 is 11.6. The van der Waals surface area contributed by atoms with Crippen LogP contribution in [0, 0.1) is 0 Å². The van der Waals surface area contributed by atoms with Crippen molar-refractivity contribution in [2.45, 2.75) is 33.1 Å². The molecule has 0 spiro atoms. The number of anilines is 1. The Morgan fingerprint density at radius 1 is 0.952 bits per heavy atom. The second kappa shape index (κ2) is 7.02. The highest BCUT2D eigenvalue weighted by Crippen LogP contribution is 2.37. The number of benzene rings is 2. The van der Waals surface area contributed by atoms with Crippen molar-refractivity contribution in [1.29, 1.82) is 0 Å². The van der Waals surface area contributed by atoms with Gasteiger partial charge in [0.1, 0.15) is 17.2 Å². The van der Waals surface area contributed by atoms with Gasteiger partial charge in [0.05, 0.1) is 6.61 Å². The van der Waals surface area contributed by atoms with Crippen LogP contribution in [-0.4, -0.2) is 6.61 Å². The SMILES string of the molecule is CCOc1cccc(Oc2ccccc2C(C)CC)c1N. The normalized spacial score (nSPS) is 12.0. The number of para-hydroxylation sites is 2. The molecule has 2 N–H and O–H groups in total. The molecule has 0 saturated carbocycles. The first-order valence-electron chi connectivity index (χ1n) is 7.45. The molecule has 0 fully saturated rings. The minimum Gasteiger partial charge on any atom is -0.492 e. The molecule has 0 aliphatic rings. The van der Waals surface area contributed by atoms with E-state index in [0.29, 0.717) is 29.7 Å². The summed E-state index contributed by atoms with van der Waals surface area (Å²) in [5.41, 5.74) is 7.86. The molecule has 0 amide bonds. The molecule has 0 bridgehead atoms. The topological polar surface area (TPSA) is 44.5 Å². The molecular weight excluding hydrogens is 262 g/mol. The van der Waals surface area contributed by atoms with E-state index in [1.165, 1.54) is 5.56 Å². The standard InChI is InChI=1S/C18H23NO2/c1-4-13(3)14-9-6-7-10-15(14)21-17-12-8-11-16(18(17)19)20-5-2/h6-13H,4-5,19H2,1-3H3. The summed E-state index contributed by atoms with van der Waals surface area (Å²) in [6.45, 7) is 6.88. The van der Waals surface area contributed by atoms with E-state index in [0.717, 1.165) is 12.2 Å². The summed E-state index contributed by atoms with van der Waals surface area (Å²) in [7, 11) is 0. The van der Waals surface area contributed by atoms with E-state index in [2.05, 4.69) is 19.9 Å².